The topological polar surface area (TPSA) is 89.9 Å². The second kappa shape index (κ2) is 6.44. The molecule has 1 aromatic rings. The average Bonchev–Trinajstić information content (AvgIpc) is 2.43. The Balaban J connectivity index is 2.06. The minimum absolute atomic E-state index is 0.0315. The number of aliphatic hydroxyl groups excluding tert-OH is 1. The van der Waals surface area contributed by atoms with Crippen molar-refractivity contribution in [2.24, 2.45) is 5.92 Å². The molecule has 1 aliphatic heterocycles. The molecule has 0 bridgehead atoms. The van der Waals surface area contributed by atoms with Gasteiger partial charge in [0.15, 0.2) is 0 Å². The number of nitrogens with zero attached hydrogens (tertiary/aromatic N) is 1. The van der Waals surface area contributed by atoms with E-state index in [1.807, 2.05) is 6.92 Å². The van der Waals surface area contributed by atoms with E-state index in [-0.39, 0.29) is 23.6 Å². The van der Waals surface area contributed by atoms with E-state index < -0.39 is 5.97 Å². The first-order chi connectivity index (χ1) is 9.88. The van der Waals surface area contributed by atoms with Crippen LogP contribution in [-0.2, 0) is 0 Å². The standard InChI is InChI=1S/C14H17BrN2O4/c1-8-7-17(5-4-12(8)18)14(21)16-9-2-3-11(15)10(6-9)13(19)20/h2-3,6,8,12,18H,4-5,7H2,1H3,(H,16,21)(H,19,20). The number of carboxylic acid groups (broad SMARTS) is 1. The number of carbonyl (C=O) groups is 2. The summed E-state index contributed by atoms with van der Waals surface area (Å²) in [5.41, 5.74) is 0.523. The molecule has 1 saturated heterocycles. The summed E-state index contributed by atoms with van der Waals surface area (Å²) in [6.45, 7) is 2.86. The molecular weight excluding hydrogens is 340 g/mol. The van der Waals surface area contributed by atoms with Gasteiger partial charge in [0, 0.05) is 23.2 Å². The lowest BCUT2D eigenvalue weighted by Crippen LogP contribution is -2.46. The van der Waals surface area contributed by atoms with Gasteiger partial charge in [0.25, 0.3) is 0 Å². The van der Waals surface area contributed by atoms with Crippen LogP contribution in [0.4, 0.5) is 10.5 Å². The summed E-state index contributed by atoms with van der Waals surface area (Å²) in [6, 6.07) is 4.34. The fourth-order valence-corrected chi connectivity index (χ4v) is 2.70. The summed E-state index contributed by atoms with van der Waals surface area (Å²) >= 11 is 3.16. The number of piperidine rings is 1. The fourth-order valence-electron chi connectivity index (χ4n) is 2.29. The molecule has 1 aromatic carbocycles. The van der Waals surface area contributed by atoms with Gasteiger partial charge in [0.2, 0.25) is 0 Å². The highest BCUT2D eigenvalue weighted by molar-refractivity contribution is 9.10. The largest absolute Gasteiger partial charge is 0.478 e. The van der Waals surface area contributed by atoms with Crippen LogP contribution >= 0.6 is 15.9 Å². The number of rotatable bonds is 2. The summed E-state index contributed by atoms with van der Waals surface area (Å²) < 4.78 is 0.461. The molecule has 2 atom stereocenters. The summed E-state index contributed by atoms with van der Waals surface area (Å²) in [6.07, 6.45) is 0.176. The van der Waals surface area contributed by atoms with Crippen LogP contribution in [0.2, 0.25) is 0 Å². The van der Waals surface area contributed by atoms with Gasteiger partial charge in [-0.1, -0.05) is 6.92 Å². The van der Waals surface area contributed by atoms with Gasteiger partial charge in [0.05, 0.1) is 11.7 Å². The van der Waals surface area contributed by atoms with Crippen molar-refractivity contribution in [2.75, 3.05) is 18.4 Å². The van der Waals surface area contributed by atoms with E-state index >= 15 is 0 Å². The monoisotopic (exact) mass is 356 g/mol. The van der Waals surface area contributed by atoms with E-state index in [0.29, 0.717) is 29.7 Å². The zero-order chi connectivity index (χ0) is 15.6. The van der Waals surface area contributed by atoms with Gasteiger partial charge in [-0.25, -0.2) is 9.59 Å². The van der Waals surface area contributed by atoms with Gasteiger partial charge in [-0.3, -0.25) is 0 Å². The quantitative estimate of drug-likeness (QED) is 0.758. The molecule has 0 saturated carbocycles. The maximum Gasteiger partial charge on any atom is 0.336 e. The zero-order valence-corrected chi connectivity index (χ0v) is 13.1. The Hall–Kier alpha value is -1.60. The zero-order valence-electron chi connectivity index (χ0n) is 11.5. The Kier molecular flexibility index (Phi) is 4.84. The molecule has 114 valence electrons. The number of hydrogen-bond acceptors (Lipinski definition) is 3. The van der Waals surface area contributed by atoms with Crippen LogP contribution in [0.5, 0.6) is 0 Å². The van der Waals surface area contributed by atoms with Crippen LogP contribution in [0.1, 0.15) is 23.7 Å². The van der Waals surface area contributed by atoms with Crippen LogP contribution in [0.25, 0.3) is 0 Å². The molecule has 0 aromatic heterocycles. The third kappa shape index (κ3) is 3.74. The first-order valence-corrected chi connectivity index (χ1v) is 7.44. The van der Waals surface area contributed by atoms with Gasteiger partial charge in [0.1, 0.15) is 0 Å². The van der Waals surface area contributed by atoms with Crippen molar-refractivity contribution in [1.82, 2.24) is 4.90 Å². The summed E-state index contributed by atoms with van der Waals surface area (Å²) in [7, 11) is 0. The van der Waals surface area contributed by atoms with Crippen LogP contribution in [0, 0.1) is 5.92 Å². The van der Waals surface area contributed by atoms with Crippen molar-refractivity contribution in [3.8, 4) is 0 Å². The second-order valence-electron chi connectivity index (χ2n) is 5.21. The Morgan fingerprint density at radius 3 is 2.76 bits per heavy atom. The molecule has 7 heteroatoms. The minimum atomic E-state index is -1.06. The van der Waals surface area contributed by atoms with E-state index in [0.717, 1.165) is 0 Å². The molecule has 1 aliphatic rings. The number of aromatic carboxylic acids is 1. The van der Waals surface area contributed by atoms with Crippen molar-refractivity contribution in [2.45, 2.75) is 19.4 Å². The number of nitrogens with one attached hydrogen (secondary N) is 1. The summed E-state index contributed by atoms with van der Waals surface area (Å²) in [5.74, 6) is -1.03. The predicted molar refractivity (Wildman–Crippen MR) is 81.5 cm³/mol. The van der Waals surface area contributed by atoms with E-state index in [4.69, 9.17) is 5.11 Å². The SMILES string of the molecule is CC1CN(C(=O)Nc2ccc(Br)c(C(=O)O)c2)CCC1O. The molecule has 0 radical (unpaired) electrons. The fraction of sp³-hybridized carbons (Fsp3) is 0.429. The van der Waals surface area contributed by atoms with Crippen molar-refractivity contribution >= 4 is 33.6 Å². The predicted octanol–water partition coefficient (Wildman–Crippen LogP) is 2.38. The lowest BCUT2D eigenvalue weighted by atomic mass is 9.97. The van der Waals surface area contributed by atoms with E-state index in [1.54, 1.807) is 17.0 Å². The minimum Gasteiger partial charge on any atom is -0.478 e. The van der Waals surface area contributed by atoms with Gasteiger partial charge in [-0.05, 0) is 46.5 Å². The number of carbonyl (C=O) groups excluding carboxylic acids is 1. The number of anilines is 1. The average molecular weight is 357 g/mol. The molecule has 1 heterocycles. The van der Waals surface area contributed by atoms with Crippen molar-refractivity contribution in [1.29, 1.82) is 0 Å². The van der Waals surface area contributed by atoms with E-state index in [1.165, 1.54) is 6.07 Å². The molecule has 3 N–H and O–H groups in total. The number of amides is 2. The van der Waals surface area contributed by atoms with Gasteiger partial charge < -0.3 is 20.4 Å². The first kappa shape index (κ1) is 15.8. The van der Waals surface area contributed by atoms with Crippen molar-refractivity contribution in [3.05, 3.63) is 28.2 Å². The molecule has 0 spiro atoms. The number of urea groups is 1. The third-order valence-corrected chi connectivity index (χ3v) is 4.29. The second-order valence-corrected chi connectivity index (χ2v) is 6.06. The van der Waals surface area contributed by atoms with Crippen molar-refractivity contribution < 1.29 is 19.8 Å². The Morgan fingerprint density at radius 1 is 1.43 bits per heavy atom. The van der Waals surface area contributed by atoms with Gasteiger partial charge in [-0.2, -0.15) is 0 Å². The van der Waals surface area contributed by atoms with Crippen LogP contribution in [0.15, 0.2) is 22.7 Å². The molecule has 2 unspecified atom stereocenters. The molecule has 6 nitrogen and oxygen atoms in total. The highest BCUT2D eigenvalue weighted by Crippen LogP contribution is 2.22. The number of likely N-dealkylation sites (tertiary alicyclic amines) is 1. The van der Waals surface area contributed by atoms with E-state index in [9.17, 15) is 14.7 Å². The summed E-state index contributed by atoms with van der Waals surface area (Å²) in [5, 5.41) is 21.4. The Bertz CT molecular complexity index is 564. The van der Waals surface area contributed by atoms with E-state index in [2.05, 4.69) is 21.2 Å². The van der Waals surface area contributed by atoms with Gasteiger partial charge in [-0.15, -0.1) is 0 Å². The normalized spacial score (nSPS) is 22.0. The van der Waals surface area contributed by atoms with Gasteiger partial charge >= 0.3 is 12.0 Å². The molecule has 21 heavy (non-hydrogen) atoms. The third-order valence-electron chi connectivity index (χ3n) is 3.60. The lowest BCUT2D eigenvalue weighted by molar-refractivity contribution is 0.0505. The number of halogens is 1. The number of aliphatic hydroxyl groups is 1. The molecule has 2 rings (SSSR count). The number of carboxylic acids is 1. The smallest absolute Gasteiger partial charge is 0.336 e. The highest BCUT2D eigenvalue weighted by Gasteiger charge is 2.27. The molecule has 1 fully saturated rings. The number of hydrogen-bond donors (Lipinski definition) is 3. The van der Waals surface area contributed by atoms with Crippen LogP contribution in [0.3, 0.4) is 0 Å². The number of benzene rings is 1. The molecule has 2 amide bonds. The molecule has 0 aliphatic carbocycles. The maximum atomic E-state index is 12.2. The Labute approximate surface area is 130 Å². The highest BCUT2D eigenvalue weighted by atomic mass is 79.9. The first-order valence-electron chi connectivity index (χ1n) is 6.65. The summed E-state index contributed by atoms with van der Waals surface area (Å²) in [4.78, 5) is 24.8. The maximum absolute atomic E-state index is 12.2. The Morgan fingerprint density at radius 2 is 2.14 bits per heavy atom. The van der Waals surface area contributed by atoms with Crippen LogP contribution < -0.4 is 5.32 Å². The van der Waals surface area contributed by atoms with Crippen LogP contribution in [-0.4, -0.2) is 46.3 Å². The van der Waals surface area contributed by atoms with Crippen molar-refractivity contribution in [3.63, 3.8) is 0 Å². The molecular formula is C14H17BrN2O4. The lowest BCUT2D eigenvalue weighted by Gasteiger charge is -2.34.